The van der Waals surface area contributed by atoms with Crippen LogP contribution in [0.15, 0.2) is 30.3 Å². The molecule has 2 aliphatic heterocycles. The Kier molecular flexibility index (Phi) is 48.4. The molecule has 122 heavy (non-hydrogen) atoms. The van der Waals surface area contributed by atoms with E-state index in [4.69, 9.17) is 42.3 Å². The van der Waals surface area contributed by atoms with Gasteiger partial charge in [0.2, 0.25) is 82.7 Å². The van der Waals surface area contributed by atoms with Gasteiger partial charge in [0, 0.05) is 51.2 Å². The van der Waals surface area contributed by atoms with Gasteiger partial charge in [-0.2, -0.15) is 13.2 Å². The molecule has 2 fully saturated rings. The van der Waals surface area contributed by atoms with Gasteiger partial charge in [-0.15, -0.1) is 0 Å². The summed E-state index contributed by atoms with van der Waals surface area (Å²) in [6.07, 6.45) is -19.4. The van der Waals surface area contributed by atoms with Gasteiger partial charge in [-0.3, -0.25) is 76.7 Å². The van der Waals surface area contributed by atoms with E-state index in [1.807, 2.05) is 12.2 Å². The van der Waals surface area contributed by atoms with Crippen LogP contribution >= 0.6 is 0 Å². The van der Waals surface area contributed by atoms with Crippen molar-refractivity contribution >= 4 is 107 Å². The fourth-order valence-corrected chi connectivity index (χ4v) is 12.1. The number of aliphatic hydroxyl groups excluding tert-OH is 5. The molecular weight excluding hydrogens is 1640 g/mol. The molecule has 1 aromatic carbocycles. The lowest BCUT2D eigenvalue weighted by Gasteiger charge is -2.40. The number of amides is 14. The van der Waals surface area contributed by atoms with Crippen LogP contribution in [0.25, 0.3) is 0 Å². The van der Waals surface area contributed by atoms with Gasteiger partial charge in [-0.1, -0.05) is 50.6 Å². The number of carbonyl (C=O) groups is 18. The summed E-state index contributed by atoms with van der Waals surface area (Å²) in [6, 6.07) is -5.78. The highest BCUT2D eigenvalue weighted by molar-refractivity contribution is 5.99. The normalized spacial score (nSPS) is 19.1. The number of unbranched alkanes of at least 4 members (excludes halogenated alkanes) is 1. The number of likely N-dealkylation sites (tertiary alicyclic amines) is 1. The maximum absolute atomic E-state index is 14.6. The molecule has 1 unspecified atom stereocenters. The van der Waals surface area contributed by atoms with Crippen LogP contribution in [0.5, 0.6) is 0 Å². The summed E-state index contributed by atoms with van der Waals surface area (Å²) in [7, 11) is 0. The van der Waals surface area contributed by atoms with Crippen LogP contribution in [0.1, 0.15) is 142 Å². The zero-order valence-electron chi connectivity index (χ0n) is 67.7. The molecule has 2 heterocycles. The van der Waals surface area contributed by atoms with Crippen molar-refractivity contribution in [2.45, 2.75) is 253 Å². The van der Waals surface area contributed by atoms with Gasteiger partial charge in [-0.25, -0.2) is 9.59 Å². The molecule has 0 bridgehead atoms. The number of hydrogen-bond acceptors (Lipinski definition) is 28. The third-order valence-corrected chi connectivity index (χ3v) is 19.1. The van der Waals surface area contributed by atoms with Gasteiger partial charge in [-0.05, 0) is 109 Å². The molecule has 0 aliphatic carbocycles. The summed E-state index contributed by atoms with van der Waals surface area (Å²) in [5.41, 5.74) is 23.1. The molecule has 2 aliphatic rings. The smallest absolute Gasteiger partial charge is 0.481 e. The second kappa shape index (κ2) is 55.2. The molecule has 0 aromatic heterocycles. The molecule has 1 aromatic rings. The van der Waals surface area contributed by atoms with Crippen LogP contribution in [0, 0.1) is 5.92 Å². The first-order chi connectivity index (χ1) is 57.3. The van der Waals surface area contributed by atoms with E-state index in [0.29, 0.717) is 18.4 Å². The molecule has 3 rings (SSSR count). The molecule has 0 saturated carbocycles. The highest BCUT2D eigenvalue weighted by atomic mass is 19.4. The van der Waals surface area contributed by atoms with Crippen LogP contribution in [-0.2, 0) is 102 Å². The van der Waals surface area contributed by atoms with Crippen molar-refractivity contribution in [2.24, 2.45) is 28.9 Å². The van der Waals surface area contributed by atoms with E-state index >= 15 is 0 Å². The first-order valence-electron chi connectivity index (χ1n) is 39.2. The number of nitrogens with zero attached hydrogens (tertiary/aromatic N) is 1. The lowest BCUT2D eigenvalue weighted by atomic mass is 9.97. The van der Waals surface area contributed by atoms with Crippen molar-refractivity contribution < 1.29 is 155 Å². The van der Waals surface area contributed by atoms with E-state index in [2.05, 4.69) is 58.5 Å². The Morgan fingerprint density at radius 1 is 0.549 bits per heavy atom. The topological polar surface area (TPSA) is 759 Å². The second-order valence-electron chi connectivity index (χ2n) is 28.9. The summed E-state index contributed by atoms with van der Waals surface area (Å²) >= 11 is 0. The number of ether oxygens (including phenoxy) is 2. The quantitative estimate of drug-likeness (QED) is 0.0269. The van der Waals surface area contributed by atoms with Crippen molar-refractivity contribution in [1.82, 2.24) is 68.7 Å². The minimum Gasteiger partial charge on any atom is -0.481 e. The van der Waals surface area contributed by atoms with E-state index < -0.39 is 287 Å². The third kappa shape index (κ3) is 39.7. The monoisotopic (exact) mass is 1750 g/mol. The molecule has 46 nitrogen and oxygen atoms in total. The van der Waals surface area contributed by atoms with Crippen LogP contribution in [0.4, 0.5) is 13.2 Å². The lowest BCUT2D eigenvalue weighted by molar-refractivity contribution is -0.310. The number of carboxylic acid groups (broad SMARTS) is 4. The van der Waals surface area contributed by atoms with Gasteiger partial charge in [0.1, 0.15) is 72.8 Å². The summed E-state index contributed by atoms with van der Waals surface area (Å²) in [5.74, 6) is -20.5. The predicted octanol–water partition coefficient (Wildman–Crippen LogP) is -8.73. The molecule has 2 saturated heterocycles. The Morgan fingerprint density at radius 3 is 1.55 bits per heavy atom. The first kappa shape index (κ1) is 107. The standard InChI is InChI=1S/C71H115N17O27.C2HF3O2/c1-5-36(2)57(86-51(93)31-74)69(111)79-37(3)13-11-18-50(92)82-46(29-39-14-7-6-8-15-39)67(109)84-42(20-19-40(30-73)114-71-61(103)60(102)59(101)48(35-89)115-71)63(105)77-33-52(94)80-44(22-25-55(97)98)65(107)83-43(21-24-49(75)91)64(106)78-34-54(96)88-28-12-17-47(88)68(110)85-41(16-9-10-27-72)62(104)76-32-53(95)81-45(23-26-56(99)100)66(108)87-58(38(4)90)70(112)113;3-2(4,5)1(6)7/h6-8,14-15,36-38,40-48,57-61,71,89-90,101-103H,5,9-13,16-35,72-74H2,1-4H3,(H2,75,91)(H,76,104)(H,77,105)(H,78,106)(H,79,111)(H,80,94)(H,81,95)(H,82,92)(H,83,107)(H,84,109)(H,85,110)(H,86,93)(H,87,108)(H,97,98)(H,99,100)(H,112,113);(H,6,7)/t36-,37-,38+,40+,41-,42?,43-,44-,45-,46-,47-,48+,57-,58-,59-,60-,61+,71+;/m0./s1. The summed E-state index contributed by atoms with van der Waals surface area (Å²) in [6.45, 7) is 2.27. The Morgan fingerprint density at radius 2 is 1.06 bits per heavy atom. The molecule has 49 heteroatoms. The molecule has 18 atom stereocenters. The number of nitrogens with two attached hydrogens (primary N) is 4. The maximum Gasteiger partial charge on any atom is 0.490 e. The number of aliphatic carboxylic acids is 4. The number of halogens is 3. The largest absolute Gasteiger partial charge is 0.490 e. The van der Waals surface area contributed by atoms with E-state index in [1.165, 1.54) is 0 Å². The van der Waals surface area contributed by atoms with Crippen LogP contribution < -0.4 is 86.7 Å². The number of carbonyl (C=O) groups excluding carboxylic acids is 14. The Labute approximate surface area is 697 Å². The number of carboxylic acids is 4. The zero-order chi connectivity index (χ0) is 92.3. The number of rotatable bonds is 54. The van der Waals surface area contributed by atoms with Gasteiger partial charge >= 0.3 is 30.1 Å². The van der Waals surface area contributed by atoms with Crippen molar-refractivity contribution in [3.05, 3.63) is 35.9 Å². The molecule has 0 radical (unpaired) electrons. The SMILES string of the molecule is CC[C@H](C)[C@H](NC(=O)CN)C(=O)N[C@@H](C)CCCC(=O)N[C@@H](Cc1ccccc1)C(=O)NC(CC[C@H](CN)O[C@@H]1O[C@H](CO)[C@H](O)[C@H](O)[C@H]1O)C(=O)NCC(=O)N[C@@H](CCC(=O)O)C(=O)N[C@@H](CCC(N)=O)C(=O)NCC(=O)N1CCC[C@H]1C(=O)N[C@@H](CCCCN)C(=O)NCC(=O)N[C@@H](CCC(=O)O)C(=O)N[C@H](C(=O)O)[C@@H](C)O.O=C(O)C(F)(F)F. The van der Waals surface area contributed by atoms with E-state index in [-0.39, 0.29) is 89.9 Å². The predicted molar refractivity (Wildman–Crippen MR) is 414 cm³/mol. The summed E-state index contributed by atoms with van der Waals surface area (Å²) < 4.78 is 43.1. The van der Waals surface area contributed by atoms with Crippen molar-refractivity contribution in [2.75, 3.05) is 52.4 Å². The minimum atomic E-state index is -5.08. The molecule has 688 valence electrons. The summed E-state index contributed by atoms with van der Waals surface area (Å²) in [4.78, 5) is 234. The molecule has 29 N–H and O–H groups in total. The number of aliphatic hydroxyl groups is 5. The Balaban J connectivity index is 0.00000687. The van der Waals surface area contributed by atoms with Crippen molar-refractivity contribution in [3.8, 4) is 0 Å². The van der Waals surface area contributed by atoms with Gasteiger partial charge in [0.15, 0.2) is 12.3 Å². The van der Waals surface area contributed by atoms with Crippen molar-refractivity contribution in [3.63, 3.8) is 0 Å². The van der Waals surface area contributed by atoms with Gasteiger partial charge in [0.25, 0.3) is 0 Å². The molecule has 0 spiro atoms. The average Bonchev–Trinajstić information content (AvgIpc) is 1.19. The van der Waals surface area contributed by atoms with Crippen LogP contribution in [0.2, 0.25) is 0 Å². The summed E-state index contributed by atoms with van der Waals surface area (Å²) in [5, 5.41) is 116. The second-order valence-corrected chi connectivity index (χ2v) is 28.9. The van der Waals surface area contributed by atoms with Crippen molar-refractivity contribution in [1.29, 1.82) is 0 Å². The Bertz CT molecular complexity index is 3670. The number of hydrogen-bond donors (Lipinski definition) is 25. The van der Waals surface area contributed by atoms with E-state index in [9.17, 15) is 136 Å². The lowest BCUT2D eigenvalue weighted by Crippen LogP contribution is -2.60. The van der Waals surface area contributed by atoms with E-state index in [0.717, 1.165) is 11.8 Å². The van der Waals surface area contributed by atoms with E-state index in [1.54, 1.807) is 44.2 Å². The molecular formula is C73H116F3N17O29. The average molecular weight is 1750 g/mol. The Hall–Kier alpha value is -10.9. The minimum absolute atomic E-state index is 0.0399. The van der Waals surface area contributed by atoms with Crippen LogP contribution in [-0.4, -0.2) is 319 Å². The fraction of sp³-hybridized carbons (Fsp3) is 0.671. The number of alkyl halides is 3. The van der Waals surface area contributed by atoms with Gasteiger partial charge in [0.05, 0.1) is 45.0 Å². The van der Waals surface area contributed by atoms with Gasteiger partial charge < -0.3 is 147 Å². The maximum atomic E-state index is 14.6. The highest BCUT2D eigenvalue weighted by Crippen LogP contribution is 2.25. The first-order valence-corrected chi connectivity index (χ1v) is 39.2. The van der Waals surface area contributed by atoms with Crippen LogP contribution in [0.3, 0.4) is 0 Å². The third-order valence-electron chi connectivity index (χ3n) is 19.1. The fourth-order valence-electron chi connectivity index (χ4n) is 12.1. The zero-order valence-corrected chi connectivity index (χ0v) is 67.7. The highest BCUT2D eigenvalue weighted by Gasteiger charge is 2.46. The number of primary amides is 1. The number of benzene rings is 1. The molecule has 14 amide bonds. The number of nitrogens with one attached hydrogen (secondary N) is 12.